The first kappa shape index (κ1) is 13.2. The molecule has 1 saturated heterocycles. The smallest absolute Gasteiger partial charge is 0.301 e. The van der Waals surface area contributed by atoms with Gasteiger partial charge in [-0.3, -0.25) is 4.79 Å². The van der Waals surface area contributed by atoms with E-state index in [9.17, 15) is 4.79 Å². The summed E-state index contributed by atoms with van der Waals surface area (Å²) >= 11 is 0. The van der Waals surface area contributed by atoms with Gasteiger partial charge in [-0.25, -0.2) is 0 Å². The second-order valence-corrected chi connectivity index (χ2v) is 4.91. The molecule has 0 aromatic heterocycles. The number of ether oxygens (including phenoxy) is 2. The normalized spacial score (nSPS) is 22.3. The first-order valence-electron chi connectivity index (χ1n) is 6.51. The van der Waals surface area contributed by atoms with E-state index in [0.29, 0.717) is 13.2 Å². The molecular formula is C13H18B2O3. The van der Waals surface area contributed by atoms with Crippen LogP contribution in [0.25, 0.3) is 0 Å². The Morgan fingerprint density at radius 1 is 1.33 bits per heavy atom. The predicted molar refractivity (Wildman–Crippen MR) is 75.3 cm³/mol. The SMILES string of the molecule is BC(C(=O)OC1CCOC1)C(B)c1ccccc1. The summed E-state index contributed by atoms with van der Waals surface area (Å²) in [6.07, 6.45) is 0.765. The third-order valence-corrected chi connectivity index (χ3v) is 3.62. The molecule has 1 aliphatic rings. The Morgan fingerprint density at radius 3 is 2.67 bits per heavy atom. The van der Waals surface area contributed by atoms with Crippen LogP contribution in [0.1, 0.15) is 17.8 Å². The van der Waals surface area contributed by atoms with Gasteiger partial charge in [-0.2, -0.15) is 0 Å². The summed E-state index contributed by atoms with van der Waals surface area (Å²) < 4.78 is 10.7. The summed E-state index contributed by atoms with van der Waals surface area (Å²) in [5.74, 6) is -0.0872. The van der Waals surface area contributed by atoms with Gasteiger partial charge in [0.25, 0.3) is 0 Å². The van der Waals surface area contributed by atoms with Crippen LogP contribution in [0.2, 0.25) is 5.82 Å². The lowest BCUT2D eigenvalue weighted by molar-refractivity contribution is -0.148. The van der Waals surface area contributed by atoms with Crippen LogP contribution in [0.3, 0.4) is 0 Å². The van der Waals surface area contributed by atoms with Crippen molar-refractivity contribution in [1.82, 2.24) is 0 Å². The Labute approximate surface area is 110 Å². The average Bonchev–Trinajstić information content (AvgIpc) is 2.91. The molecule has 1 heterocycles. The molecule has 0 bridgehead atoms. The van der Waals surface area contributed by atoms with Crippen LogP contribution in [0, 0.1) is 0 Å². The van der Waals surface area contributed by atoms with Gasteiger partial charge >= 0.3 is 5.97 Å². The lowest BCUT2D eigenvalue weighted by Gasteiger charge is -2.21. The lowest BCUT2D eigenvalue weighted by Crippen LogP contribution is -2.25. The summed E-state index contributed by atoms with van der Waals surface area (Å²) in [5.41, 5.74) is 1.17. The first-order valence-corrected chi connectivity index (χ1v) is 6.51. The molecule has 0 radical (unpaired) electrons. The zero-order valence-electron chi connectivity index (χ0n) is 11.0. The summed E-state index contributed by atoms with van der Waals surface area (Å²) in [4.78, 5) is 12.0. The van der Waals surface area contributed by atoms with Crippen molar-refractivity contribution in [2.75, 3.05) is 13.2 Å². The van der Waals surface area contributed by atoms with Gasteiger partial charge in [-0.1, -0.05) is 35.9 Å². The number of rotatable bonds is 4. The molecule has 1 aromatic carbocycles. The minimum atomic E-state index is -0.131. The third-order valence-electron chi connectivity index (χ3n) is 3.62. The molecule has 0 aliphatic carbocycles. The van der Waals surface area contributed by atoms with Gasteiger partial charge in [0.1, 0.15) is 21.8 Å². The van der Waals surface area contributed by atoms with Crippen LogP contribution >= 0.6 is 0 Å². The van der Waals surface area contributed by atoms with Crippen LogP contribution in [-0.4, -0.2) is 41.0 Å². The number of carbonyl (C=O) groups is 1. The lowest BCUT2D eigenvalue weighted by atomic mass is 9.63. The van der Waals surface area contributed by atoms with Crippen LogP contribution in [0.15, 0.2) is 30.3 Å². The van der Waals surface area contributed by atoms with Crippen LogP contribution < -0.4 is 0 Å². The monoisotopic (exact) mass is 244 g/mol. The van der Waals surface area contributed by atoms with Crippen molar-refractivity contribution < 1.29 is 14.3 Å². The zero-order valence-corrected chi connectivity index (χ0v) is 11.0. The van der Waals surface area contributed by atoms with E-state index < -0.39 is 0 Å². The molecule has 2 rings (SSSR count). The molecule has 3 nitrogen and oxygen atoms in total. The van der Waals surface area contributed by atoms with E-state index in [1.807, 2.05) is 38.2 Å². The maximum Gasteiger partial charge on any atom is 0.301 e. The van der Waals surface area contributed by atoms with Gasteiger partial charge in [0.15, 0.2) is 0 Å². The molecule has 0 saturated carbocycles. The van der Waals surface area contributed by atoms with E-state index in [1.54, 1.807) is 0 Å². The fraction of sp³-hybridized carbons (Fsp3) is 0.462. The van der Waals surface area contributed by atoms with Crippen LogP contribution in [0.4, 0.5) is 0 Å². The maximum atomic E-state index is 12.0. The summed E-state index contributed by atoms with van der Waals surface area (Å²) in [6, 6.07) is 10.1. The first-order chi connectivity index (χ1) is 8.68. The molecule has 0 amide bonds. The Kier molecular flexibility index (Phi) is 4.48. The van der Waals surface area contributed by atoms with Gasteiger partial charge in [0, 0.05) is 12.2 Å². The third kappa shape index (κ3) is 3.16. The highest BCUT2D eigenvalue weighted by Gasteiger charge is 2.27. The van der Waals surface area contributed by atoms with E-state index >= 15 is 0 Å². The Bertz CT molecular complexity index is 390. The minimum absolute atomic E-state index is 0.0528. The van der Waals surface area contributed by atoms with Crippen molar-refractivity contribution in [1.29, 1.82) is 0 Å². The van der Waals surface area contributed by atoms with E-state index in [4.69, 9.17) is 9.47 Å². The molecule has 1 fully saturated rings. The zero-order chi connectivity index (χ0) is 13.0. The Morgan fingerprint density at radius 2 is 2.06 bits per heavy atom. The van der Waals surface area contributed by atoms with Crippen molar-refractivity contribution in [3.8, 4) is 0 Å². The standard InChI is InChI=1S/C13H18B2O3/c14-11(9-4-2-1-3-5-9)12(15)13(16)18-10-6-7-17-8-10/h1-5,10-12H,6-8,14-15H2. The van der Waals surface area contributed by atoms with Crippen molar-refractivity contribution in [3.05, 3.63) is 35.9 Å². The van der Waals surface area contributed by atoms with Crippen molar-refractivity contribution in [2.45, 2.75) is 24.2 Å². The van der Waals surface area contributed by atoms with Crippen molar-refractivity contribution in [2.24, 2.45) is 0 Å². The molecule has 0 N–H and O–H groups in total. The minimum Gasteiger partial charge on any atom is -0.460 e. The number of hydrogen-bond donors (Lipinski definition) is 0. The van der Waals surface area contributed by atoms with Gasteiger partial charge in [-0.05, 0) is 5.82 Å². The largest absolute Gasteiger partial charge is 0.460 e. The molecule has 18 heavy (non-hydrogen) atoms. The van der Waals surface area contributed by atoms with Crippen molar-refractivity contribution >= 4 is 21.7 Å². The van der Waals surface area contributed by atoms with Crippen molar-refractivity contribution in [3.63, 3.8) is 0 Å². The van der Waals surface area contributed by atoms with Gasteiger partial charge in [0.2, 0.25) is 0 Å². The molecule has 3 atom stereocenters. The molecule has 1 aromatic rings. The fourth-order valence-corrected chi connectivity index (χ4v) is 2.13. The fourth-order valence-electron chi connectivity index (χ4n) is 2.13. The number of esters is 1. The maximum absolute atomic E-state index is 12.0. The molecule has 94 valence electrons. The Hall–Kier alpha value is -1.22. The van der Waals surface area contributed by atoms with E-state index in [2.05, 4.69) is 7.85 Å². The number of benzene rings is 1. The average molecular weight is 244 g/mol. The number of carbonyl (C=O) groups excluding carboxylic acids is 1. The van der Waals surface area contributed by atoms with E-state index in [0.717, 1.165) is 6.42 Å². The van der Waals surface area contributed by atoms with Crippen LogP contribution in [-0.2, 0) is 14.3 Å². The molecule has 0 spiro atoms. The molecular weight excluding hydrogens is 226 g/mol. The second-order valence-electron chi connectivity index (χ2n) is 4.91. The highest BCUT2D eigenvalue weighted by atomic mass is 16.6. The van der Waals surface area contributed by atoms with Gasteiger partial charge < -0.3 is 9.47 Å². The van der Waals surface area contributed by atoms with Gasteiger partial charge in [-0.15, -0.1) is 0 Å². The summed E-state index contributed by atoms with van der Waals surface area (Å²) in [6.45, 7) is 1.23. The molecule has 3 unspecified atom stereocenters. The van der Waals surface area contributed by atoms with E-state index in [1.165, 1.54) is 5.56 Å². The highest BCUT2D eigenvalue weighted by molar-refractivity contribution is 6.29. The molecule has 1 aliphatic heterocycles. The summed E-state index contributed by atoms with van der Waals surface area (Å²) in [5, 5.41) is 0. The Balaban J connectivity index is 1.93. The molecule has 5 heteroatoms. The number of hydrogen-bond acceptors (Lipinski definition) is 3. The van der Waals surface area contributed by atoms with Crippen LogP contribution in [0.5, 0.6) is 0 Å². The predicted octanol–water partition coefficient (Wildman–Crippen LogP) is 0.114. The summed E-state index contributed by atoms with van der Waals surface area (Å²) in [7, 11) is 3.99. The topological polar surface area (TPSA) is 35.5 Å². The second kappa shape index (κ2) is 6.10. The quantitative estimate of drug-likeness (QED) is 0.557. The highest BCUT2D eigenvalue weighted by Crippen LogP contribution is 2.25. The van der Waals surface area contributed by atoms with E-state index in [-0.39, 0.29) is 23.7 Å². The van der Waals surface area contributed by atoms with Gasteiger partial charge in [0.05, 0.1) is 13.2 Å².